The number of methoxy groups -OCH3 is 1. The number of anilines is 1. The lowest BCUT2D eigenvalue weighted by Crippen LogP contribution is -2.31. The average molecular weight is 714 g/mol. The van der Waals surface area contributed by atoms with Gasteiger partial charge in [-0.15, -0.1) is 15.2 Å². The fourth-order valence-electron chi connectivity index (χ4n) is 5.71. The number of aromatic hydroxyl groups is 1. The quantitative estimate of drug-likeness (QED) is 0.169. The summed E-state index contributed by atoms with van der Waals surface area (Å²) in [5, 5.41) is 24.5. The highest BCUT2D eigenvalue weighted by Crippen LogP contribution is 2.36. The van der Waals surface area contributed by atoms with Crippen LogP contribution in [0.4, 0.5) is 9.02 Å². The minimum Gasteiger partial charge on any atom is -0.508 e. The van der Waals surface area contributed by atoms with Gasteiger partial charge in [-0.05, 0) is 64.4 Å². The zero-order chi connectivity index (χ0) is 33.4. The Morgan fingerprint density at radius 1 is 1.15 bits per heavy atom. The summed E-state index contributed by atoms with van der Waals surface area (Å²) < 4.78 is 21.1. The maximum Gasteiger partial charge on any atom is 0.357 e. The van der Waals surface area contributed by atoms with E-state index in [0.717, 1.165) is 27.0 Å². The van der Waals surface area contributed by atoms with Crippen LogP contribution in [0.15, 0.2) is 76.4 Å². The van der Waals surface area contributed by atoms with Crippen LogP contribution in [0.1, 0.15) is 48.0 Å². The number of amides is 1. The van der Waals surface area contributed by atoms with Gasteiger partial charge in [0.2, 0.25) is 4.80 Å². The molecule has 0 aliphatic carbocycles. The van der Waals surface area contributed by atoms with Crippen molar-refractivity contribution in [2.45, 2.75) is 19.4 Å². The third-order valence-electron chi connectivity index (χ3n) is 8.09. The van der Waals surface area contributed by atoms with Crippen LogP contribution in [0.3, 0.4) is 0 Å². The Labute approximate surface area is 290 Å². The average Bonchev–Trinajstić information content (AvgIpc) is 3.85. The van der Waals surface area contributed by atoms with Crippen LogP contribution in [0.25, 0.3) is 21.3 Å². The van der Waals surface area contributed by atoms with Crippen LogP contribution in [0.2, 0.25) is 0 Å². The topological polar surface area (TPSA) is 121 Å². The number of halogens is 1. The van der Waals surface area contributed by atoms with E-state index in [1.54, 1.807) is 29.6 Å². The Balaban J connectivity index is 1.21. The molecule has 0 radical (unpaired) electrons. The maximum atomic E-state index is 14.0. The zero-order valence-corrected chi connectivity index (χ0v) is 28.4. The van der Waals surface area contributed by atoms with Gasteiger partial charge in [0.1, 0.15) is 11.8 Å². The molecule has 0 saturated heterocycles. The second-order valence-corrected chi connectivity index (χ2v) is 14.2. The van der Waals surface area contributed by atoms with E-state index >= 15 is 0 Å². The number of thiophene rings is 1. The number of ether oxygens (including phenoxy) is 1. The summed E-state index contributed by atoms with van der Waals surface area (Å²) in [6.45, 7) is 0.945. The monoisotopic (exact) mass is 713 g/mol. The summed E-state index contributed by atoms with van der Waals surface area (Å²) in [7, 11) is 1.30. The van der Waals surface area contributed by atoms with E-state index in [0.29, 0.717) is 51.7 Å². The van der Waals surface area contributed by atoms with Gasteiger partial charge in [-0.3, -0.25) is 4.79 Å². The van der Waals surface area contributed by atoms with Crippen LogP contribution >= 0.6 is 46.3 Å². The van der Waals surface area contributed by atoms with Crippen LogP contribution in [0.5, 0.6) is 5.75 Å². The summed E-state index contributed by atoms with van der Waals surface area (Å²) in [5.74, 6) is -1.01. The number of para-hydroxylation sites is 1. The molecule has 0 saturated carbocycles. The molecular formula is C34H24FN5O4S4. The number of phenols is 1. The molecule has 0 spiro atoms. The molecule has 4 heterocycles. The van der Waals surface area contributed by atoms with Gasteiger partial charge >= 0.3 is 5.97 Å². The Bertz CT molecular complexity index is 2330. The van der Waals surface area contributed by atoms with Gasteiger partial charge in [0.05, 0.1) is 22.9 Å². The van der Waals surface area contributed by atoms with Gasteiger partial charge in [-0.1, -0.05) is 41.7 Å². The van der Waals surface area contributed by atoms with Gasteiger partial charge in [0.25, 0.3) is 5.91 Å². The molecule has 0 fully saturated rings. The van der Waals surface area contributed by atoms with Crippen molar-refractivity contribution in [1.82, 2.24) is 8.96 Å². The predicted octanol–water partition coefficient (Wildman–Crippen LogP) is 7.53. The molecule has 1 N–H and O–H groups in total. The molecule has 6 aromatic rings. The first-order chi connectivity index (χ1) is 23.4. The maximum absolute atomic E-state index is 14.0. The van der Waals surface area contributed by atoms with Crippen LogP contribution in [-0.2, 0) is 24.1 Å². The molecule has 0 bridgehead atoms. The molecule has 9 nitrogen and oxygen atoms in total. The van der Waals surface area contributed by atoms with E-state index in [9.17, 15) is 23.8 Å². The van der Waals surface area contributed by atoms with Crippen LogP contribution in [0, 0.1) is 11.3 Å². The minimum absolute atomic E-state index is 0.00602. The number of benzene rings is 3. The fraction of sp³-hybridized carbons (Fsp3) is 0.147. The summed E-state index contributed by atoms with van der Waals surface area (Å²) in [6.07, 6.45) is 0.843. The Morgan fingerprint density at radius 2 is 2.00 bits per heavy atom. The lowest BCUT2D eigenvalue weighted by Gasteiger charge is -2.29. The Hall–Kier alpha value is -4.81. The van der Waals surface area contributed by atoms with Crippen molar-refractivity contribution < 1.29 is 23.3 Å². The number of esters is 1. The molecule has 240 valence electrons. The number of thiazole rings is 2. The summed E-state index contributed by atoms with van der Waals surface area (Å²) in [4.78, 5) is 38.4. The molecule has 14 heteroatoms. The predicted molar refractivity (Wildman–Crippen MR) is 187 cm³/mol. The SMILES string of the molecule is COC(=O)c1nc(N2CCc3cccc(C(=O)N=c4sc5ccccc5n4SF)c3C2)sc1Cc1cc(-c2cscc2C#N)ccc1O. The zero-order valence-electron chi connectivity index (χ0n) is 25.2. The smallest absolute Gasteiger partial charge is 0.357 e. The van der Waals surface area contributed by atoms with Gasteiger partial charge in [0, 0.05) is 40.9 Å². The van der Waals surface area contributed by atoms with Crippen LogP contribution < -0.4 is 9.70 Å². The van der Waals surface area contributed by atoms with Crippen molar-refractivity contribution in [3.63, 3.8) is 0 Å². The first kappa shape index (κ1) is 31.8. The lowest BCUT2D eigenvalue weighted by atomic mass is 9.95. The third-order valence-corrected chi connectivity index (χ3v) is 11.6. The molecule has 0 atom stereocenters. The van der Waals surface area contributed by atoms with Crippen molar-refractivity contribution >= 4 is 73.6 Å². The van der Waals surface area contributed by atoms with Crippen LogP contribution in [-0.4, -0.2) is 39.6 Å². The second kappa shape index (κ2) is 13.4. The highest BCUT2D eigenvalue weighted by molar-refractivity contribution is 7.93. The van der Waals surface area contributed by atoms with Gasteiger partial charge in [0.15, 0.2) is 23.2 Å². The number of carbonyl (C=O) groups is 2. The number of hydrogen-bond acceptors (Lipinski definition) is 11. The van der Waals surface area contributed by atoms with Crippen molar-refractivity contribution in [2.75, 3.05) is 18.6 Å². The van der Waals surface area contributed by atoms with E-state index in [-0.39, 0.29) is 35.0 Å². The number of aromatic nitrogens is 2. The van der Waals surface area contributed by atoms with Gasteiger partial charge in [-0.25, -0.2) is 13.8 Å². The molecular weight excluding hydrogens is 690 g/mol. The van der Waals surface area contributed by atoms with E-state index in [1.165, 1.54) is 45.1 Å². The first-order valence-electron chi connectivity index (χ1n) is 14.6. The van der Waals surface area contributed by atoms with E-state index in [2.05, 4.69) is 16.0 Å². The fourth-order valence-corrected chi connectivity index (χ4v) is 9.09. The molecule has 1 amide bonds. The number of hydrogen-bond donors (Lipinski definition) is 1. The highest BCUT2D eigenvalue weighted by atomic mass is 32.2. The molecule has 0 unspecified atom stereocenters. The second-order valence-electron chi connectivity index (χ2n) is 10.8. The summed E-state index contributed by atoms with van der Waals surface area (Å²) >= 11 is 3.99. The van der Waals surface area contributed by atoms with E-state index < -0.39 is 11.9 Å². The van der Waals surface area contributed by atoms with Crippen molar-refractivity contribution in [3.05, 3.63) is 115 Å². The first-order valence-corrected chi connectivity index (χ1v) is 17.8. The number of nitrogens with zero attached hydrogens (tertiary/aromatic N) is 5. The lowest BCUT2D eigenvalue weighted by molar-refractivity contribution is 0.0593. The van der Waals surface area contributed by atoms with Crippen molar-refractivity contribution in [2.24, 2.45) is 4.99 Å². The molecule has 1 aliphatic rings. The van der Waals surface area contributed by atoms with Crippen molar-refractivity contribution in [3.8, 4) is 22.9 Å². The number of nitriles is 1. The summed E-state index contributed by atoms with van der Waals surface area (Å²) in [5.41, 5.74) is 5.70. The molecule has 7 rings (SSSR count). The van der Waals surface area contributed by atoms with Gasteiger partial charge < -0.3 is 14.7 Å². The number of carbonyl (C=O) groups excluding carboxylic acids is 2. The normalized spacial score (nSPS) is 13.0. The largest absolute Gasteiger partial charge is 0.508 e. The standard InChI is InChI=1S/C34H24FN5O4S4/c1-44-32(43)30-29(14-21-13-20(9-10-27(21)41)25-18-45-17-22(25)15-36)47-33(37-30)39-12-11-19-5-4-6-23(24(19)16-39)31(42)38-34-40(48-35)26-7-2-3-8-28(26)46-34/h2-10,13,17-18,41H,11-12,14,16H2,1H3. The minimum atomic E-state index is -0.595. The number of phenolic OH excluding ortho intramolecular Hbond substituents is 1. The highest BCUT2D eigenvalue weighted by Gasteiger charge is 2.27. The van der Waals surface area contributed by atoms with Gasteiger partial charge in [-0.2, -0.15) is 21.6 Å². The molecule has 3 aromatic heterocycles. The molecule has 1 aliphatic heterocycles. The summed E-state index contributed by atoms with van der Waals surface area (Å²) in [6, 6.07) is 20.2. The number of rotatable bonds is 7. The number of fused-ring (bicyclic) bond motifs is 2. The Morgan fingerprint density at radius 3 is 2.81 bits per heavy atom. The van der Waals surface area contributed by atoms with E-state index in [4.69, 9.17) is 4.74 Å². The molecule has 48 heavy (non-hydrogen) atoms. The van der Waals surface area contributed by atoms with E-state index in [1.807, 2.05) is 46.7 Å². The van der Waals surface area contributed by atoms with Crippen molar-refractivity contribution in [1.29, 1.82) is 5.26 Å². The Kier molecular flexibility index (Phi) is 8.84. The third kappa shape index (κ3) is 5.90. The molecule has 3 aromatic carbocycles.